The molecule has 11 heteroatoms. The minimum absolute atomic E-state index is 0. The molecule has 0 unspecified atom stereocenters. The van der Waals surface area contributed by atoms with Crippen molar-refractivity contribution in [2.24, 2.45) is 20.6 Å². The normalized spacial score (nSPS) is 12.0. The van der Waals surface area contributed by atoms with Gasteiger partial charge in [-0.3, -0.25) is 0 Å². The van der Waals surface area contributed by atoms with Crippen LogP contribution >= 0.6 is 0 Å². The summed E-state index contributed by atoms with van der Waals surface area (Å²) in [5, 5.41) is 43.3. The van der Waals surface area contributed by atoms with Gasteiger partial charge < -0.3 is 33.1 Å². The van der Waals surface area contributed by atoms with Crippen molar-refractivity contribution in [3.8, 4) is 0 Å². The van der Waals surface area contributed by atoms with Crippen LogP contribution in [0.25, 0.3) is 0 Å². The first-order valence-electron chi connectivity index (χ1n) is 4.19. The molecule has 0 saturated carbocycles. The molecule has 0 radical (unpaired) electrons. The molecule has 0 aromatic rings. The van der Waals surface area contributed by atoms with Gasteiger partial charge in [-0.2, -0.15) is 0 Å². The maximum absolute atomic E-state index is 8.03. The van der Waals surface area contributed by atoms with Gasteiger partial charge in [0.2, 0.25) is 0 Å². The number of oxime groups is 4. The van der Waals surface area contributed by atoms with E-state index in [0.717, 1.165) is 0 Å². The van der Waals surface area contributed by atoms with Gasteiger partial charge in [0.25, 0.3) is 0 Å². The van der Waals surface area contributed by atoms with Crippen LogP contribution in [0.3, 0.4) is 0 Å². The van der Waals surface area contributed by atoms with Crippen molar-refractivity contribution >= 4 is 22.8 Å². The molecule has 10 nitrogen and oxygen atoms in total. The quantitative estimate of drug-likeness (QED) is 0.185. The Hall–Kier alpha value is -1.58. The van der Waals surface area contributed by atoms with E-state index in [4.69, 9.17) is 20.8 Å². The van der Waals surface area contributed by atoms with Gasteiger partial charge in [-0.25, -0.2) is 0 Å². The summed E-state index contributed by atoms with van der Waals surface area (Å²) < 4.78 is 0. The Bertz CT molecular complexity index is 265. The summed E-state index contributed by atoms with van der Waals surface area (Å²) in [5.41, 5.74) is 1.25. The topological polar surface area (TPSA) is 200 Å². The van der Waals surface area contributed by atoms with Crippen molar-refractivity contribution in [2.45, 2.75) is 27.7 Å². The SMILES string of the molecule is CC(=N\O)/C(C)=N/O.CC(=N\O)/C(C)=N/O.N.N.[Rh+3]. The van der Waals surface area contributed by atoms with Crippen LogP contribution in [0.2, 0.25) is 0 Å². The Morgan fingerprint density at radius 2 is 0.632 bits per heavy atom. The molecule has 0 spiro atoms. The van der Waals surface area contributed by atoms with Crippen molar-refractivity contribution in [1.82, 2.24) is 12.3 Å². The molecule has 10 N–H and O–H groups in total. The molecular formula is C8H22N6O4Rh+3. The summed E-state index contributed by atoms with van der Waals surface area (Å²) in [6, 6.07) is 0. The van der Waals surface area contributed by atoms with E-state index in [1.807, 2.05) is 0 Å². The summed E-state index contributed by atoms with van der Waals surface area (Å²) in [5.74, 6) is 0. The van der Waals surface area contributed by atoms with Gasteiger partial charge in [0.15, 0.2) is 0 Å². The predicted molar refractivity (Wildman–Crippen MR) is 69.6 cm³/mol. The maximum atomic E-state index is 8.03. The van der Waals surface area contributed by atoms with Crippen LogP contribution in [-0.2, 0) is 19.5 Å². The molecule has 0 aliphatic carbocycles. The first-order chi connectivity index (χ1) is 7.44. The number of hydrogen-bond acceptors (Lipinski definition) is 10. The standard InChI is InChI=1S/2C4H8N2O2.2H3N.Rh/c2*1-3(5-7)4(2)6-8;;;/h2*7-8H,1-2H3;2*1H3;/q;;;;+3/b2*5-3+,6-4+;;;. The summed E-state index contributed by atoms with van der Waals surface area (Å²) in [6.45, 7) is 6.15. The molecule has 114 valence electrons. The molecule has 0 atom stereocenters. The fourth-order valence-corrected chi connectivity index (χ4v) is 0.289. The Kier molecular flexibility index (Phi) is 30.1. The maximum Gasteiger partial charge on any atom is 3.00 e. The molecular weight excluding hydrogens is 347 g/mol. The van der Waals surface area contributed by atoms with E-state index < -0.39 is 0 Å². The van der Waals surface area contributed by atoms with Crippen LogP contribution in [0.1, 0.15) is 27.7 Å². The fraction of sp³-hybridized carbons (Fsp3) is 0.500. The van der Waals surface area contributed by atoms with Gasteiger partial charge in [-0.1, -0.05) is 20.6 Å². The third-order valence-electron chi connectivity index (χ3n) is 1.65. The van der Waals surface area contributed by atoms with Crippen molar-refractivity contribution in [2.75, 3.05) is 0 Å². The van der Waals surface area contributed by atoms with Crippen LogP contribution in [-0.4, -0.2) is 43.7 Å². The molecule has 0 rings (SSSR count). The van der Waals surface area contributed by atoms with Crippen LogP contribution < -0.4 is 12.3 Å². The summed E-state index contributed by atoms with van der Waals surface area (Å²) in [7, 11) is 0. The third kappa shape index (κ3) is 16.4. The largest absolute Gasteiger partial charge is 3.00 e. The molecule has 0 saturated heterocycles. The van der Waals surface area contributed by atoms with Gasteiger partial charge in [-0.15, -0.1) is 0 Å². The monoisotopic (exact) mass is 369 g/mol. The number of rotatable bonds is 2. The Morgan fingerprint density at radius 1 is 0.526 bits per heavy atom. The average Bonchev–Trinajstić information content (AvgIpc) is 2.35. The van der Waals surface area contributed by atoms with E-state index in [9.17, 15) is 0 Å². The summed E-state index contributed by atoms with van der Waals surface area (Å²) in [4.78, 5) is 0. The van der Waals surface area contributed by atoms with Crippen molar-refractivity contribution < 1.29 is 40.3 Å². The molecule has 19 heavy (non-hydrogen) atoms. The van der Waals surface area contributed by atoms with Crippen LogP contribution in [0.5, 0.6) is 0 Å². The predicted octanol–water partition coefficient (Wildman–Crippen LogP) is 1.69. The average molecular weight is 369 g/mol. The molecule has 0 amide bonds. The Balaban J connectivity index is -0.0000000594. The van der Waals surface area contributed by atoms with Crippen molar-refractivity contribution in [3.05, 3.63) is 0 Å². The van der Waals surface area contributed by atoms with Gasteiger partial charge in [0.1, 0.15) is 22.8 Å². The zero-order valence-electron chi connectivity index (χ0n) is 11.3. The summed E-state index contributed by atoms with van der Waals surface area (Å²) in [6.07, 6.45) is 0. The molecule has 0 bridgehead atoms. The van der Waals surface area contributed by atoms with Crippen molar-refractivity contribution in [1.29, 1.82) is 0 Å². The second-order valence-electron chi connectivity index (χ2n) is 2.74. The van der Waals surface area contributed by atoms with E-state index in [1.165, 1.54) is 27.7 Å². The number of hydrogen-bond donors (Lipinski definition) is 6. The van der Waals surface area contributed by atoms with Crippen LogP contribution in [0, 0.1) is 0 Å². The smallest absolute Gasteiger partial charge is 0.411 e. The molecule has 0 aliphatic heterocycles. The zero-order chi connectivity index (χ0) is 13.1. The van der Waals surface area contributed by atoms with E-state index in [0.29, 0.717) is 22.8 Å². The fourth-order valence-electron chi connectivity index (χ4n) is 0.289. The molecule has 0 aromatic heterocycles. The van der Waals surface area contributed by atoms with Crippen LogP contribution in [0.4, 0.5) is 0 Å². The van der Waals surface area contributed by atoms with E-state index in [2.05, 4.69) is 20.6 Å². The van der Waals surface area contributed by atoms with Gasteiger partial charge in [0.05, 0.1) is 0 Å². The second kappa shape index (κ2) is 18.8. The van der Waals surface area contributed by atoms with Crippen molar-refractivity contribution in [3.63, 3.8) is 0 Å². The van der Waals surface area contributed by atoms with E-state index in [1.54, 1.807) is 0 Å². The van der Waals surface area contributed by atoms with Crippen LogP contribution in [0.15, 0.2) is 20.6 Å². The number of nitrogens with zero attached hydrogens (tertiary/aromatic N) is 4. The first-order valence-corrected chi connectivity index (χ1v) is 4.19. The molecule has 0 aromatic carbocycles. The third-order valence-corrected chi connectivity index (χ3v) is 1.65. The van der Waals surface area contributed by atoms with E-state index in [-0.39, 0.29) is 31.8 Å². The first kappa shape index (κ1) is 30.4. The molecule has 0 aliphatic rings. The minimum atomic E-state index is 0. The van der Waals surface area contributed by atoms with Gasteiger partial charge >= 0.3 is 19.5 Å². The molecule has 0 fully saturated rings. The molecule has 0 heterocycles. The Morgan fingerprint density at radius 3 is 0.684 bits per heavy atom. The van der Waals surface area contributed by atoms with Gasteiger partial charge in [0, 0.05) is 0 Å². The van der Waals surface area contributed by atoms with Gasteiger partial charge in [-0.05, 0) is 27.7 Å². The second-order valence-corrected chi connectivity index (χ2v) is 2.74. The zero-order valence-corrected chi connectivity index (χ0v) is 13.0. The summed E-state index contributed by atoms with van der Waals surface area (Å²) >= 11 is 0. The van der Waals surface area contributed by atoms with E-state index >= 15 is 0 Å². The minimum Gasteiger partial charge on any atom is -0.411 e. The Labute approximate surface area is 124 Å².